The first-order valence-corrected chi connectivity index (χ1v) is 6.96. The minimum Gasteiger partial charge on any atom is -0.389 e. The average Bonchev–Trinajstić information content (AvgIpc) is 2.54. The van der Waals surface area contributed by atoms with Crippen LogP contribution >= 0.6 is 0 Å². The molecule has 0 spiro atoms. The number of carbonyl (C=O) groups excluding carboxylic acids is 2. The molecule has 0 bridgehead atoms. The molecule has 22 heavy (non-hydrogen) atoms. The molecular formula is C18H11NO3. The van der Waals surface area contributed by atoms with Gasteiger partial charge in [0.05, 0.1) is 23.2 Å². The first-order valence-electron chi connectivity index (χ1n) is 6.96. The lowest BCUT2D eigenvalue weighted by Crippen LogP contribution is -2.24. The Morgan fingerprint density at radius 2 is 1.64 bits per heavy atom. The lowest BCUT2D eigenvalue weighted by Gasteiger charge is -2.19. The van der Waals surface area contributed by atoms with Crippen LogP contribution in [0.3, 0.4) is 0 Å². The Morgan fingerprint density at radius 3 is 2.45 bits per heavy atom. The summed E-state index contributed by atoms with van der Waals surface area (Å²) in [6.45, 7) is 0. The van der Waals surface area contributed by atoms with E-state index in [0.29, 0.717) is 22.3 Å². The summed E-state index contributed by atoms with van der Waals surface area (Å²) in [5.74, 6) is -1.13. The summed E-state index contributed by atoms with van der Waals surface area (Å²) in [5, 5.41) is 0.717. The van der Waals surface area contributed by atoms with Crippen LogP contribution < -0.4 is 0 Å². The lowest BCUT2D eigenvalue weighted by atomic mass is 9.93. The normalized spacial score (nSPS) is 13.8. The predicted octanol–water partition coefficient (Wildman–Crippen LogP) is 3.14. The maximum Gasteiger partial charge on any atom is 0.346 e. The molecule has 0 atom stereocenters. The molecule has 0 unspecified atom stereocenters. The summed E-state index contributed by atoms with van der Waals surface area (Å²) in [4.78, 5) is 28.6. The van der Waals surface area contributed by atoms with Gasteiger partial charge < -0.3 is 4.74 Å². The van der Waals surface area contributed by atoms with Crippen molar-refractivity contribution in [2.45, 2.75) is 6.42 Å². The van der Waals surface area contributed by atoms with Gasteiger partial charge in [0.15, 0.2) is 0 Å². The van der Waals surface area contributed by atoms with Gasteiger partial charge in [0, 0.05) is 16.5 Å². The van der Waals surface area contributed by atoms with Crippen LogP contribution in [-0.4, -0.2) is 16.9 Å². The fourth-order valence-electron chi connectivity index (χ4n) is 2.83. The Bertz CT molecular complexity index is 916. The van der Waals surface area contributed by atoms with E-state index in [9.17, 15) is 9.59 Å². The molecule has 1 aliphatic heterocycles. The maximum atomic E-state index is 12.2. The van der Waals surface area contributed by atoms with E-state index in [0.717, 1.165) is 10.9 Å². The molecule has 0 aliphatic carbocycles. The molecule has 0 radical (unpaired) electrons. The van der Waals surface area contributed by atoms with Crippen molar-refractivity contribution in [2.75, 3.05) is 0 Å². The summed E-state index contributed by atoms with van der Waals surface area (Å²) < 4.78 is 4.81. The monoisotopic (exact) mass is 289 g/mol. The molecule has 0 amide bonds. The molecule has 0 saturated carbocycles. The topological polar surface area (TPSA) is 56.3 Å². The first-order chi connectivity index (χ1) is 10.7. The zero-order valence-corrected chi connectivity index (χ0v) is 11.6. The number of hydrogen-bond acceptors (Lipinski definition) is 4. The molecule has 4 nitrogen and oxygen atoms in total. The van der Waals surface area contributed by atoms with Crippen molar-refractivity contribution in [3.05, 3.63) is 65.7 Å². The van der Waals surface area contributed by atoms with E-state index in [2.05, 4.69) is 4.98 Å². The second kappa shape index (κ2) is 4.77. The van der Waals surface area contributed by atoms with Crippen molar-refractivity contribution in [3.8, 4) is 11.3 Å². The molecule has 2 aromatic carbocycles. The second-order valence-corrected chi connectivity index (χ2v) is 5.14. The van der Waals surface area contributed by atoms with Crippen LogP contribution in [0.4, 0.5) is 0 Å². The smallest absolute Gasteiger partial charge is 0.346 e. The van der Waals surface area contributed by atoms with Gasteiger partial charge in [0.2, 0.25) is 0 Å². The van der Waals surface area contributed by atoms with Gasteiger partial charge in [-0.3, -0.25) is 4.79 Å². The number of nitrogens with zero attached hydrogens (tertiary/aromatic N) is 1. The summed E-state index contributed by atoms with van der Waals surface area (Å²) in [7, 11) is 0. The van der Waals surface area contributed by atoms with Gasteiger partial charge in [-0.15, -0.1) is 0 Å². The lowest BCUT2D eigenvalue weighted by molar-refractivity contribution is -0.137. The predicted molar refractivity (Wildman–Crippen MR) is 81.3 cm³/mol. The highest BCUT2D eigenvalue weighted by molar-refractivity contribution is 6.12. The van der Waals surface area contributed by atoms with Crippen LogP contribution in [-0.2, 0) is 16.0 Å². The standard InChI is InChI=1S/C18H11NO3/c20-15-10-13-16(18(21)22-15)12-8-4-5-9-14(12)19-17(13)11-6-2-1-3-7-11/h1-9H,10H2. The fourth-order valence-corrected chi connectivity index (χ4v) is 2.83. The number of para-hydroxylation sites is 1. The molecule has 4 rings (SSSR count). The van der Waals surface area contributed by atoms with Crippen molar-refractivity contribution in [1.82, 2.24) is 4.98 Å². The van der Waals surface area contributed by atoms with Gasteiger partial charge in [0.25, 0.3) is 0 Å². The maximum absolute atomic E-state index is 12.2. The first kappa shape index (κ1) is 12.7. The molecule has 0 fully saturated rings. The van der Waals surface area contributed by atoms with Gasteiger partial charge in [0.1, 0.15) is 0 Å². The number of pyridine rings is 1. The summed E-state index contributed by atoms with van der Waals surface area (Å²) in [6.07, 6.45) is 0.0587. The number of cyclic esters (lactones) is 2. The van der Waals surface area contributed by atoms with Crippen LogP contribution in [0.5, 0.6) is 0 Å². The molecule has 106 valence electrons. The molecule has 3 aromatic rings. The molecule has 0 saturated heterocycles. The number of ether oxygens (including phenoxy) is 1. The highest BCUT2D eigenvalue weighted by Gasteiger charge is 2.30. The molecule has 2 heterocycles. The molecule has 0 N–H and O–H groups in total. The Kier molecular flexibility index (Phi) is 2.76. The minimum atomic E-state index is -0.595. The number of fused-ring (bicyclic) bond motifs is 3. The highest BCUT2D eigenvalue weighted by Crippen LogP contribution is 2.33. The number of carbonyl (C=O) groups is 2. The molecule has 1 aromatic heterocycles. The number of rotatable bonds is 1. The van der Waals surface area contributed by atoms with Gasteiger partial charge >= 0.3 is 11.9 Å². The average molecular weight is 289 g/mol. The van der Waals surface area contributed by atoms with E-state index in [1.807, 2.05) is 54.6 Å². The van der Waals surface area contributed by atoms with Crippen molar-refractivity contribution >= 4 is 22.8 Å². The van der Waals surface area contributed by atoms with Crippen LogP contribution in [0, 0.1) is 0 Å². The quantitative estimate of drug-likeness (QED) is 0.510. The van der Waals surface area contributed by atoms with Crippen molar-refractivity contribution in [2.24, 2.45) is 0 Å². The van der Waals surface area contributed by atoms with E-state index >= 15 is 0 Å². The Hall–Kier alpha value is -3.01. The third kappa shape index (κ3) is 1.89. The van der Waals surface area contributed by atoms with Crippen LogP contribution in [0.2, 0.25) is 0 Å². The zero-order valence-electron chi connectivity index (χ0n) is 11.6. The number of benzene rings is 2. The van der Waals surface area contributed by atoms with Crippen LogP contribution in [0.15, 0.2) is 54.6 Å². The Morgan fingerprint density at radius 1 is 0.909 bits per heavy atom. The third-order valence-electron chi connectivity index (χ3n) is 3.77. The van der Waals surface area contributed by atoms with Crippen LogP contribution in [0.1, 0.15) is 15.9 Å². The molecule has 1 aliphatic rings. The summed E-state index contributed by atoms with van der Waals surface area (Å²) in [5.41, 5.74) is 3.35. The van der Waals surface area contributed by atoms with Crippen LogP contribution in [0.25, 0.3) is 22.2 Å². The Labute approximate surface area is 126 Å². The number of aromatic nitrogens is 1. The molecule has 4 heteroatoms. The van der Waals surface area contributed by atoms with E-state index in [4.69, 9.17) is 4.74 Å². The third-order valence-corrected chi connectivity index (χ3v) is 3.77. The van der Waals surface area contributed by atoms with E-state index < -0.39 is 11.9 Å². The van der Waals surface area contributed by atoms with E-state index in [-0.39, 0.29) is 6.42 Å². The molecular weight excluding hydrogens is 278 g/mol. The van der Waals surface area contributed by atoms with E-state index in [1.54, 1.807) is 0 Å². The fraction of sp³-hybridized carbons (Fsp3) is 0.0556. The minimum absolute atomic E-state index is 0.0587. The second-order valence-electron chi connectivity index (χ2n) is 5.14. The Balaban J connectivity index is 2.12. The van der Waals surface area contributed by atoms with Gasteiger partial charge in [-0.1, -0.05) is 48.5 Å². The SMILES string of the molecule is O=C1Cc2c(-c3ccccc3)nc3ccccc3c2C(=O)O1. The summed E-state index contributed by atoms with van der Waals surface area (Å²) >= 11 is 0. The van der Waals surface area contributed by atoms with Crippen molar-refractivity contribution in [1.29, 1.82) is 0 Å². The van der Waals surface area contributed by atoms with Crippen molar-refractivity contribution < 1.29 is 14.3 Å². The highest BCUT2D eigenvalue weighted by atomic mass is 16.6. The largest absolute Gasteiger partial charge is 0.389 e. The zero-order chi connectivity index (χ0) is 15.1. The summed E-state index contributed by atoms with van der Waals surface area (Å²) in [6, 6.07) is 17.0. The number of esters is 2. The number of hydrogen-bond donors (Lipinski definition) is 0. The van der Waals surface area contributed by atoms with Gasteiger partial charge in [-0.25, -0.2) is 9.78 Å². The van der Waals surface area contributed by atoms with Gasteiger partial charge in [-0.2, -0.15) is 0 Å². The van der Waals surface area contributed by atoms with E-state index in [1.165, 1.54) is 0 Å². The van der Waals surface area contributed by atoms with Crippen molar-refractivity contribution in [3.63, 3.8) is 0 Å². The van der Waals surface area contributed by atoms with Gasteiger partial charge in [-0.05, 0) is 6.07 Å².